The van der Waals surface area contributed by atoms with Gasteiger partial charge in [-0.3, -0.25) is 9.59 Å². The summed E-state index contributed by atoms with van der Waals surface area (Å²) in [7, 11) is 0. The minimum absolute atomic E-state index is 0.0188. The van der Waals surface area contributed by atoms with Gasteiger partial charge in [0.2, 0.25) is 5.91 Å². The van der Waals surface area contributed by atoms with Crippen molar-refractivity contribution in [2.75, 3.05) is 32.9 Å². The minimum atomic E-state index is -0.856. The molecule has 2 aliphatic heterocycles. The Bertz CT molecular complexity index is 1100. The Kier molecular flexibility index (Phi) is 8.00. The molecular formula is C23H28Cl2N4O5. The number of hydrazine groups is 1. The second-order valence-electron chi connectivity index (χ2n) is 8.42. The highest BCUT2D eigenvalue weighted by molar-refractivity contribution is 6.45. The van der Waals surface area contributed by atoms with Gasteiger partial charge in [0.15, 0.2) is 0 Å². The van der Waals surface area contributed by atoms with Crippen molar-refractivity contribution in [3.05, 3.63) is 45.2 Å². The number of carboxylic acids is 1. The summed E-state index contributed by atoms with van der Waals surface area (Å²) in [5.74, 6) is -1.15. The van der Waals surface area contributed by atoms with Crippen molar-refractivity contribution < 1.29 is 24.5 Å². The number of nitrogens with one attached hydrogen (secondary N) is 2. The van der Waals surface area contributed by atoms with Crippen LogP contribution in [0, 0.1) is 0 Å². The van der Waals surface area contributed by atoms with E-state index in [4.69, 9.17) is 33.0 Å². The zero-order valence-corrected chi connectivity index (χ0v) is 20.2. The van der Waals surface area contributed by atoms with Crippen LogP contribution in [-0.2, 0) is 27.3 Å². The molecule has 2 aromatic rings. The number of carbonyl (C=O) groups excluding carboxylic acids is 1. The first-order valence-corrected chi connectivity index (χ1v) is 12.0. The number of aliphatic carboxylic acids is 1. The topological polar surface area (TPSA) is 118 Å². The van der Waals surface area contributed by atoms with Gasteiger partial charge in [-0.2, -0.15) is 0 Å². The number of amides is 1. The number of hydrogen-bond acceptors (Lipinski definition) is 6. The van der Waals surface area contributed by atoms with Crippen molar-refractivity contribution in [1.82, 2.24) is 20.3 Å². The molecule has 1 amide bonds. The van der Waals surface area contributed by atoms with Crippen LogP contribution < -0.4 is 5.43 Å². The van der Waals surface area contributed by atoms with Crippen molar-refractivity contribution in [1.29, 1.82) is 0 Å². The standard InChI is InChI=1S/C23H28Cl2N4O5/c24-16-11-14(18-4-8-29(27-18)6-1-2-9-34-10-5-20(32)33)21-15-12-28(19(31)13-30)7-3-17(15)26-23(21)22(16)25/h4,8,11,18,26-27,30H,1-3,5-7,9-10,12-13H2,(H,32,33). The van der Waals surface area contributed by atoms with Gasteiger partial charge in [-0.15, -0.1) is 0 Å². The van der Waals surface area contributed by atoms with E-state index in [0.717, 1.165) is 47.1 Å². The van der Waals surface area contributed by atoms with Crippen molar-refractivity contribution in [2.24, 2.45) is 0 Å². The van der Waals surface area contributed by atoms with Crippen LogP contribution in [0.25, 0.3) is 10.9 Å². The number of unbranched alkanes of at least 4 members (excludes halogenated alkanes) is 1. The number of H-pyrrole nitrogens is 1. The van der Waals surface area contributed by atoms with Crippen LogP contribution >= 0.6 is 23.2 Å². The van der Waals surface area contributed by atoms with E-state index < -0.39 is 12.6 Å². The van der Waals surface area contributed by atoms with Gasteiger partial charge in [-0.05, 0) is 30.5 Å². The fourth-order valence-corrected chi connectivity index (χ4v) is 4.85. The number of carboxylic acid groups (broad SMARTS) is 1. The van der Waals surface area contributed by atoms with E-state index in [1.54, 1.807) is 4.90 Å². The fraction of sp³-hybridized carbons (Fsp3) is 0.478. The molecule has 0 spiro atoms. The van der Waals surface area contributed by atoms with Crippen molar-refractivity contribution >= 4 is 46.0 Å². The molecule has 34 heavy (non-hydrogen) atoms. The third-order valence-electron chi connectivity index (χ3n) is 6.16. The lowest BCUT2D eigenvalue weighted by Crippen LogP contribution is -2.37. The molecule has 3 heterocycles. The molecule has 0 fully saturated rings. The van der Waals surface area contributed by atoms with Gasteiger partial charge in [0.25, 0.3) is 0 Å². The number of rotatable bonds is 10. The number of nitrogens with zero attached hydrogens (tertiary/aromatic N) is 2. The van der Waals surface area contributed by atoms with E-state index in [9.17, 15) is 14.7 Å². The molecule has 11 heteroatoms. The van der Waals surface area contributed by atoms with Crippen LogP contribution in [0.3, 0.4) is 0 Å². The summed E-state index contributed by atoms with van der Waals surface area (Å²) in [6, 6.07) is 1.75. The maximum absolute atomic E-state index is 12.1. The maximum Gasteiger partial charge on any atom is 0.305 e. The van der Waals surface area contributed by atoms with E-state index in [1.165, 1.54) is 0 Å². The molecule has 4 rings (SSSR count). The molecule has 9 nitrogen and oxygen atoms in total. The van der Waals surface area contributed by atoms with Gasteiger partial charge in [-0.25, -0.2) is 5.43 Å². The second kappa shape index (κ2) is 11.0. The molecule has 1 aromatic heterocycles. The zero-order valence-electron chi connectivity index (χ0n) is 18.6. The first-order chi connectivity index (χ1) is 16.4. The van der Waals surface area contributed by atoms with Crippen LogP contribution in [-0.4, -0.2) is 69.9 Å². The monoisotopic (exact) mass is 510 g/mol. The summed E-state index contributed by atoms with van der Waals surface area (Å²) < 4.78 is 5.34. The summed E-state index contributed by atoms with van der Waals surface area (Å²) >= 11 is 13.0. The van der Waals surface area contributed by atoms with Gasteiger partial charge in [-0.1, -0.05) is 23.2 Å². The van der Waals surface area contributed by atoms with E-state index in [-0.39, 0.29) is 25.0 Å². The SMILES string of the molecule is O=C(O)CCOCCCCN1C=CC(c2cc(Cl)c(Cl)c3[nH]c4c(c23)CN(C(=O)CO)CC4)N1. The predicted molar refractivity (Wildman–Crippen MR) is 129 cm³/mol. The molecule has 0 radical (unpaired) electrons. The summed E-state index contributed by atoms with van der Waals surface area (Å²) in [6.07, 6.45) is 6.42. The van der Waals surface area contributed by atoms with Crippen molar-refractivity contribution in [3.63, 3.8) is 0 Å². The highest BCUT2D eigenvalue weighted by Gasteiger charge is 2.29. The third-order valence-corrected chi connectivity index (χ3v) is 6.94. The van der Waals surface area contributed by atoms with E-state index in [0.29, 0.717) is 36.2 Å². The Morgan fingerprint density at radius 3 is 2.82 bits per heavy atom. The Morgan fingerprint density at radius 1 is 1.24 bits per heavy atom. The average molecular weight is 511 g/mol. The van der Waals surface area contributed by atoms with Gasteiger partial charge >= 0.3 is 5.97 Å². The summed E-state index contributed by atoms with van der Waals surface area (Å²) in [5, 5.41) is 21.8. The summed E-state index contributed by atoms with van der Waals surface area (Å²) in [4.78, 5) is 27.7. The van der Waals surface area contributed by atoms with E-state index in [1.807, 2.05) is 17.3 Å². The Hall–Kier alpha value is -2.30. The number of halogens is 2. The Morgan fingerprint density at radius 2 is 2.06 bits per heavy atom. The lowest BCUT2D eigenvalue weighted by Gasteiger charge is -2.27. The van der Waals surface area contributed by atoms with Gasteiger partial charge < -0.3 is 29.8 Å². The number of aliphatic hydroxyl groups excluding tert-OH is 1. The number of hydrogen-bond donors (Lipinski definition) is 4. The second-order valence-corrected chi connectivity index (χ2v) is 9.21. The molecule has 4 N–H and O–H groups in total. The maximum atomic E-state index is 12.1. The number of aromatic nitrogens is 1. The number of fused-ring (bicyclic) bond motifs is 3. The van der Waals surface area contributed by atoms with Crippen molar-refractivity contribution in [3.8, 4) is 0 Å². The number of ether oxygens (including phenoxy) is 1. The quantitative estimate of drug-likeness (QED) is 0.362. The summed E-state index contributed by atoms with van der Waals surface area (Å²) in [5.41, 5.74) is 7.24. The lowest BCUT2D eigenvalue weighted by molar-refractivity contribution is -0.138. The third kappa shape index (κ3) is 5.34. The molecular weight excluding hydrogens is 483 g/mol. The molecule has 1 unspecified atom stereocenters. The van der Waals surface area contributed by atoms with E-state index >= 15 is 0 Å². The average Bonchev–Trinajstić information content (AvgIpc) is 3.45. The van der Waals surface area contributed by atoms with Crippen LogP contribution in [0.15, 0.2) is 18.3 Å². The smallest absolute Gasteiger partial charge is 0.305 e. The Balaban J connectivity index is 1.45. The molecule has 0 saturated heterocycles. The lowest BCUT2D eigenvalue weighted by atomic mass is 9.96. The van der Waals surface area contributed by atoms with Gasteiger partial charge in [0, 0.05) is 55.5 Å². The molecule has 1 aromatic carbocycles. The van der Waals surface area contributed by atoms with Gasteiger partial charge in [0.1, 0.15) is 6.61 Å². The van der Waals surface area contributed by atoms with Crippen LogP contribution in [0.1, 0.15) is 42.1 Å². The molecule has 1 atom stereocenters. The fourth-order valence-electron chi connectivity index (χ4n) is 4.44. The molecule has 0 bridgehead atoms. The van der Waals surface area contributed by atoms with Crippen LogP contribution in [0.5, 0.6) is 0 Å². The highest BCUT2D eigenvalue weighted by atomic mass is 35.5. The first-order valence-electron chi connectivity index (χ1n) is 11.3. The molecule has 2 aliphatic rings. The normalized spacial score (nSPS) is 17.6. The van der Waals surface area contributed by atoms with Crippen LogP contribution in [0.4, 0.5) is 0 Å². The summed E-state index contributed by atoms with van der Waals surface area (Å²) in [6.45, 7) is 1.96. The highest BCUT2D eigenvalue weighted by Crippen LogP contribution is 2.41. The number of aliphatic hydroxyl groups is 1. The Labute approximate surface area is 207 Å². The number of benzene rings is 1. The van der Waals surface area contributed by atoms with Crippen LogP contribution in [0.2, 0.25) is 10.0 Å². The molecule has 0 saturated carbocycles. The number of aromatic amines is 1. The van der Waals surface area contributed by atoms with Crippen molar-refractivity contribution in [2.45, 2.75) is 38.3 Å². The predicted octanol–water partition coefficient (Wildman–Crippen LogP) is 3.00. The van der Waals surface area contributed by atoms with Gasteiger partial charge in [0.05, 0.1) is 34.6 Å². The zero-order chi connectivity index (χ0) is 24.2. The molecule has 0 aliphatic carbocycles. The first kappa shape index (κ1) is 24.8. The molecule has 184 valence electrons. The number of carbonyl (C=O) groups is 2. The largest absolute Gasteiger partial charge is 0.481 e. The van der Waals surface area contributed by atoms with E-state index in [2.05, 4.69) is 16.5 Å². The minimum Gasteiger partial charge on any atom is -0.481 e.